The number of thiol groups is 1. The van der Waals surface area contributed by atoms with Crippen LogP contribution >= 0.6 is 24.4 Å². The molecule has 0 bridgehead atoms. The van der Waals surface area contributed by atoms with Crippen LogP contribution in [-0.2, 0) is 14.3 Å². The van der Waals surface area contributed by atoms with Crippen LogP contribution < -0.4 is 15.8 Å². The summed E-state index contributed by atoms with van der Waals surface area (Å²) in [5, 5.41) is 2.91. The highest BCUT2D eigenvalue weighted by atomic mass is 32.2. The van der Waals surface area contributed by atoms with Gasteiger partial charge in [-0.1, -0.05) is 54.6 Å². The third kappa shape index (κ3) is 8.81. The maximum atomic E-state index is 13.3. The van der Waals surface area contributed by atoms with E-state index in [1.165, 1.54) is 7.11 Å². The molecule has 3 rings (SSSR count). The van der Waals surface area contributed by atoms with E-state index >= 15 is 0 Å². The number of thioether (sulfide) groups is 1. The van der Waals surface area contributed by atoms with Gasteiger partial charge in [-0.2, -0.15) is 24.4 Å². The number of hydrogen-bond donors (Lipinski definition) is 3. The first-order valence-corrected chi connectivity index (χ1v) is 14.4. The quantitative estimate of drug-likeness (QED) is 0.203. The summed E-state index contributed by atoms with van der Waals surface area (Å²) in [6, 6.07) is 16.9. The van der Waals surface area contributed by atoms with Crippen molar-refractivity contribution in [2.75, 3.05) is 38.0 Å². The largest absolute Gasteiger partial charge is 0.489 e. The van der Waals surface area contributed by atoms with Crippen LogP contribution in [0.5, 0.6) is 5.75 Å². The summed E-state index contributed by atoms with van der Waals surface area (Å²) in [6.07, 6.45) is 6.67. The normalized spacial score (nSPS) is 19.5. The van der Waals surface area contributed by atoms with E-state index < -0.39 is 18.1 Å². The summed E-state index contributed by atoms with van der Waals surface area (Å²) in [6.45, 7) is 1.12. The zero-order valence-corrected chi connectivity index (χ0v) is 23.1. The standard InChI is InChI=1S/C28H37N3O4S2/c1-34-28(33)25(14-16-37-2)30-27(32)26-17-24(18-31(26)15-6-9-22(29)19-36)35-23-12-10-21(11-13-23)20-7-4-3-5-8-20/h3-13,22,24-26,36H,14-19,29H2,1-2H3,(H,30,32)/b9-6+/t22-,24+,25+,26+/m1/s1. The first-order chi connectivity index (χ1) is 17.9. The lowest BCUT2D eigenvalue weighted by atomic mass is 10.1. The van der Waals surface area contributed by atoms with Crippen molar-refractivity contribution in [3.8, 4) is 16.9 Å². The van der Waals surface area contributed by atoms with Gasteiger partial charge < -0.3 is 20.5 Å². The molecule has 0 aromatic heterocycles. The number of nitrogens with one attached hydrogen (secondary N) is 1. The number of esters is 1. The molecule has 200 valence electrons. The Labute approximate surface area is 229 Å². The van der Waals surface area contributed by atoms with Gasteiger partial charge in [0, 0.05) is 31.3 Å². The van der Waals surface area contributed by atoms with E-state index in [-0.39, 0.29) is 18.1 Å². The third-order valence-electron chi connectivity index (χ3n) is 6.28. The fraction of sp³-hybridized carbons (Fsp3) is 0.429. The van der Waals surface area contributed by atoms with Crippen LogP contribution in [0.15, 0.2) is 66.7 Å². The van der Waals surface area contributed by atoms with Crippen LogP contribution in [-0.4, -0.2) is 79.0 Å². The number of hydrogen-bond acceptors (Lipinski definition) is 8. The topological polar surface area (TPSA) is 93.9 Å². The van der Waals surface area contributed by atoms with Crippen LogP contribution in [0.4, 0.5) is 0 Å². The Kier molecular flexibility index (Phi) is 11.9. The minimum absolute atomic E-state index is 0.149. The van der Waals surface area contributed by atoms with Crippen LogP contribution in [0.25, 0.3) is 11.1 Å². The minimum Gasteiger partial charge on any atom is -0.489 e. The van der Waals surface area contributed by atoms with Gasteiger partial charge in [0.05, 0.1) is 13.2 Å². The predicted molar refractivity (Wildman–Crippen MR) is 154 cm³/mol. The Balaban J connectivity index is 1.69. The fourth-order valence-corrected chi connectivity index (χ4v) is 4.89. The van der Waals surface area contributed by atoms with Gasteiger partial charge in [-0.15, -0.1) is 0 Å². The first-order valence-electron chi connectivity index (χ1n) is 12.4. The van der Waals surface area contributed by atoms with E-state index in [1.54, 1.807) is 11.8 Å². The first kappa shape index (κ1) is 29.1. The molecular weight excluding hydrogens is 506 g/mol. The smallest absolute Gasteiger partial charge is 0.328 e. The third-order valence-corrected chi connectivity index (χ3v) is 7.34. The fourth-order valence-electron chi connectivity index (χ4n) is 4.30. The van der Waals surface area contributed by atoms with Gasteiger partial charge in [-0.05, 0) is 41.7 Å². The number of benzene rings is 2. The van der Waals surface area contributed by atoms with Crippen LogP contribution in [0.1, 0.15) is 12.8 Å². The molecule has 1 heterocycles. The maximum absolute atomic E-state index is 13.3. The second kappa shape index (κ2) is 15.1. The summed E-state index contributed by atoms with van der Waals surface area (Å²) < 4.78 is 11.2. The van der Waals surface area contributed by atoms with Gasteiger partial charge >= 0.3 is 5.97 Å². The minimum atomic E-state index is -0.676. The van der Waals surface area contributed by atoms with Gasteiger partial charge in [0.2, 0.25) is 5.91 Å². The van der Waals surface area contributed by atoms with E-state index in [0.29, 0.717) is 31.7 Å². The highest BCUT2D eigenvalue weighted by Crippen LogP contribution is 2.26. The number of methoxy groups -OCH3 is 1. The molecule has 37 heavy (non-hydrogen) atoms. The van der Waals surface area contributed by atoms with Gasteiger partial charge in [-0.25, -0.2) is 4.79 Å². The number of nitrogens with two attached hydrogens (primary N) is 1. The summed E-state index contributed by atoms with van der Waals surface area (Å²) in [5.41, 5.74) is 8.22. The molecule has 0 spiro atoms. The molecule has 7 nitrogen and oxygen atoms in total. The number of rotatable bonds is 13. The Morgan fingerprint density at radius 1 is 1.19 bits per heavy atom. The summed E-state index contributed by atoms with van der Waals surface area (Å²) >= 11 is 5.84. The zero-order chi connectivity index (χ0) is 26.6. The van der Waals surface area contributed by atoms with Gasteiger partial charge in [0.15, 0.2) is 0 Å². The van der Waals surface area contributed by atoms with Crippen molar-refractivity contribution >= 4 is 36.3 Å². The average Bonchev–Trinajstić information content (AvgIpc) is 3.33. The number of carbonyl (C=O) groups is 2. The molecule has 2 aromatic rings. The Hall–Kier alpha value is -2.46. The van der Waals surface area contributed by atoms with Gasteiger partial charge in [0.25, 0.3) is 0 Å². The highest BCUT2D eigenvalue weighted by molar-refractivity contribution is 7.98. The van der Waals surface area contributed by atoms with Crippen molar-refractivity contribution in [3.63, 3.8) is 0 Å². The summed E-state index contributed by atoms with van der Waals surface area (Å²) in [5.74, 6) is 1.41. The van der Waals surface area contributed by atoms with Crippen LogP contribution in [0.2, 0.25) is 0 Å². The highest BCUT2D eigenvalue weighted by Gasteiger charge is 2.38. The summed E-state index contributed by atoms with van der Waals surface area (Å²) in [7, 11) is 1.34. The molecular formula is C28H37N3O4S2. The van der Waals surface area contributed by atoms with Gasteiger partial charge in [-0.3, -0.25) is 9.69 Å². The van der Waals surface area contributed by atoms with Crippen molar-refractivity contribution < 1.29 is 19.1 Å². The average molecular weight is 544 g/mol. The molecule has 0 unspecified atom stereocenters. The maximum Gasteiger partial charge on any atom is 0.328 e. The number of likely N-dealkylation sites (tertiary alicyclic amines) is 1. The molecule has 1 aliphatic rings. The van der Waals surface area contributed by atoms with Crippen molar-refractivity contribution in [1.82, 2.24) is 10.2 Å². The molecule has 0 saturated carbocycles. The summed E-state index contributed by atoms with van der Waals surface area (Å²) in [4.78, 5) is 27.6. The molecule has 2 aromatic carbocycles. The Morgan fingerprint density at radius 2 is 1.89 bits per heavy atom. The second-order valence-electron chi connectivity index (χ2n) is 8.98. The lowest BCUT2D eigenvalue weighted by Gasteiger charge is -2.24. The van der Waals surface area contributed by atoms with Crippen LogP contribution in [0.3, 0.4) is 0 Å². The Bertz CT molecular complexity index is 1020. The Morgan fingerprint density at radius 3 is 2.54 bits per heavy atom. The molecule has 4 atom stereocenters. The molecule has 9 heteroatoms. The lowest BCUT2D eigenvalue weighted by Crippen LogP contribution is -2.50. The predicted octanol–water partition coefficient (Wildman–Crippen LogP) is 3.40. The number of ether oxygens (including phenoxy) is 2. The SMILES string of the molecule is COC(=O)[C@H](CCSC)NC(=O)[C@@H]1C[C@H](Oc2ccc(-c3ccccc3)cc2)CN1C/C=C/[C@@H](N)CS. The van der Waals surface area contributed by atoms with Gasteiger partial charge in [0.1, 0.15) is 17.9 Å². The molecule has 1 amide bonds. The molecule has 0 radical (unpaired) electrons. The molecule has 1 aliphatic heterocycles. The molecule has 1 saturated heterocycles. The zero-order valence-electron chi connectivity index (χ0n) is 21.4. The van der Waals surface area contributed by atoms with E-state index in [1.807, 2.05) is 60.9 Å². The molecule has 0 aliphatic carbocycles. The number of nitrogens with zero attached hydrogens (tertiary/aromatic N) is 1. The van der Waals surface area contributed by atoms with E-state index in [4.69, 9.17) is 15.2 Å². The van der Waals surface area contributed by atoms with Crippen LogP contribution in [0, 0.1) is 0 Å². The van der Waals surface area contributed by atoms with Crippen molar-refractivity contribution in [2.24, 2.45) is 5.73 Å². The van der Waals surface area contributed by atoms with E-state index in [0.717, 1.165) is 22.6 Å². The lowest BCUT2D eigenvalue weighted by molar-refractivity contribution is -0.145. The van der Waals surface area contributed by atoms with E-state index in [9.17, 15) is 9.59 Å². The number of carbonyl (C=O) groups excluding carboxylic acids is 2. The molecule has 3 N–H and O–H groups in total. The van der Waals surface area contributed by atoms with Crippen molar-refractivity contribution in [2.45, 2.75) is 37.1 Å². The van der Waals surface area contributed by atoms with Crippen molar-refractivity contribution in [1.29, 1.82) is 0 Å². The monoisotopic (exact) mass is 543 g/mol. The van der Waals surface area contributed by atoms with Crippen molar-refractivity contribution in [3.05, 3.63) is 66.7 Å². The second-order valence-corrected chi connectivity index (χ2v) is 10.3. The molecule has 1 fully saturated rings. The number of amides is 1. The van der Waals surface area contributed by atoms with E-state index in [2.05, 4.69) is 35.0 Å².